The fourth-order valence-electron chi connectivity index (χ4n) is 3.37. The van der Waals surface area contributed by atoms with Crippen LogP contribution in [-0.4, -0.2) is 16.7 Å². The molecule has 0 unspecified atom stereocenters. The first-order valence-corrected chi connectivity index (χ1v) is 10.3. The Labute approximate surface area is 190 Å². The van der Waals surface area contributed by atoms with E-state index in [-0.39, 0.29) is 12.2 Å². The van der Waals surface area contributed by atoms with Gasteiger partial charge in [0.25, 0.3) is 0 Å². The van der Waals surface area contributed by atoms with Gasteiger partial charge in [0.05, 0.1) is 5.56 Å². The summed E-state index contributed by atoms with van der Waals surface area (Å²) in [7, 11) is 0. The van der Waals surface area contributed by atoms with E-state index in [9.17, 15) is 23.1 Å². The van der Waals surface area contributed by atoms with E-state index in [1.54, 1.807) is 32.9 Å². The van der Waals surface area contributed by atoms with Crippen molar-refractivity contribution in [1.29, 1.82) is 0 Å². The molecule has 0 heterocycles. The van der Waals surface area contributed by atoms with E-state index in [0.29, 0.717) is 5.75 Å². The Hall–Kier alpha value is -3.48. The minimum absolute atomic E-state index is 0.0829. The Bertz CT molecular complexity index is 1150. The van der Waals surface area contributed by atoms with Crippen LogP contribution < -0.4 is 4.74 Å². The summed E-state index contributed by atoms with van der Waals surface area (Å²) in [5, 5.41) is 10.3. The number of hydrogen-bond donors (Lipinski definition) is 1. The van der Waals surface area contributed by atoms with Gasteiger partial charge in [0, 0.05) is 5.56 Å². The lowest BCUT2D eigenvalue weighted by Crippen LogP contribution is -2.25. The van der Waals surface area contributed by atoms with Crippen molar-refractivity contribution in [1.82, 2.24) is 0 Å². The highest BCUT2D eigenvalue weighted by Crippen LogP contribution is 2.39. The molecule has 0 saturated carbocycles. The number of alkyl halides is 3. The van der Waals surface area contributed by atoms with Crippen molar-refractivity contribution >= 4 is 5.97 Å². The molecule has 0 aliphatic heterocycles. The predicted molar refractivity (Wildman–Crippen MR) is 119 cm³/mol. The molecule has 7 heteroatoms. The number of ether oxygens (including phenoxy) is 2. The van der Waals surface area contributed by atoms with E-state index >= 15 is 0 Å². The van der Waals surface area contributed by atoms with Crippen LogP contribution in [0.3, 0.4) is 0 Å². The second kappa shape index (κ2) is 9.17. The van der Waals surface area contributed by atoms with Gasteiger partial charge in [-0.25, -0.2) is 4.79 Å². The molecule has 0 bridgehead atoms. The topological polar surface area (TPSA) is 55.8 Å². The first-order valence-electron chi connectivity index (χ1n) is 10.3. The number of halogens is 3. The van der Waals surface area contributed by atoms with E-state index in [2.05, 4.69) is 0 Å². The maximum atomic E-state index is 13.3. The molecule has 0 spiro atoms. The van der Waals surface area contributed by atoms with E-state index < -0.39 is 34.6 Å². The van der Waals surface area contributed by atoms with Crippen LogP contribution in [0.1, 0.15) is 47.8 Å². The number of benzene rings is 3. The smallest absolute Gasteiger partial charge is 0.419 e. The molecule has 4 nitrogen and oxygen atoms in total. The number of hydrogen-bond acceptors (Lipinski definition) is 4. The molecule has 0 atom stereocenters. The number of phenols is 1. The largest absolute Gasteiger partial charge is 0.506 e. The second-order valence-corrected chi connectivity index (χ2v) is 8.63. The maximum absolute atomic E-state index is 13.3. The quantitative estimate of drug-likeness (QED) is 0.422. The molecule has 0 amide bonds. The van der Waals surface area contributed by atoms with Crippen LogP contribution in [0.5, 0.6) is 11.5 Å². The highest BCUT2D eigenvalue weighted by atomic mass is 19.4. The molecule has 0 aromatic heterocycles. The summed E-state index contributed by atoms with van der Waals surface area (Å²) in [6.07, 6.45) is -4.83. The molecule has 3 aromatic carbocycles. The number of aromatic hydroxyl groups is 1. The van der Waals surface area contributed by atoms with E-state index in [1.807, 2.05) is 43.3 Å². The lowest BCUT2D eigenvalue weighted by molar-refractivity contribution is -0.138. The Balaban J connectivity index is 1.91. The lowest BCUT2D eigenvalue weighted by atomic mass is 10.0. The van der Waals surface area contributed by atoms with Crippen LogP contribution >= 0.6 is 0 Å². The van der Waals surface area contributed by atoms with Crippen LogP contribution in [0.15, 0.2) is 60.7 Å². The Kier molecular flexibility index (Phi) is 6.72. The van der Waals surface area contributed by atoms with Gasteiger partial charge in [-0.3, -0.25) is 0 Å². The third-order valence-electron chi connectivity index (χ3n) is 4.85. The van der Waals surface area contributed by atoms with Crippen molar-refractivity contribution in [3.63, 3.8) is 0 Å². The van der Waals surface area contributed by atoms with Crippen molar-refractivity contribution in [2.24, 2.45) is 0 Å². The van der Waals surface area contributed by atoms with Crippen LogP contribution in [0.25, 0.3) is 11.1 Å². The number of carbonyl (C=O) groups is 1. The average molecular weight is 458 g/mol. The summed E-state index contributed by atoms with van der Waals surface area (Å²) in [4.78, 5) is 12.6. The van der Waals surface area contributed by atoms with Gasteiger partial charge in [0.15, 0.2) is 0 Å². The van der Waals surface area contributed by atoms with Gasteiger partial charge in [0.2, 0.25) is 0 Å². The van der Waals surface area contributed by atoms with Gasteiger partial charge in [-0.1, -0.05) is 42.5 Å². The summed E-state index contributed by atoms with van der Waals surface area (Å²) in [5.41, 5.74) is 0.264. The van der Waals surface area contributed by atoms with Crippen molar-refractivity contribution in [2.45, 2.75) is 46.1 Å². The summed E-state index contributed by atoms with van der Waals surface area (Å²) in [6, 6.07) is 17.1. The Morgan fingerprint density at radius 1 is 0.970 bits per heavy atom. The molecule has 3 aromatic rings. The molecule has 0 radical (unpaired) electrons. The Morgan fingerprint density at radius 2 is 1.64 bits per heavy atom. The molecule has 0 fully saturated rings. The maximum Gasteiger partial charge on any atom is 0.419 e. The van der Waals surface area contributed by atoms with Gasteiger partial charge in [0.1, 0.15) is 29.3 Å². The summed E-state index contributed by atoms with van der Waals surface area (Å²) < 4.78 is 50.9. The fourth-order valence-corrected chi connectivity index (χ4v) is 3.37. The van der Waals surface area contributed by atoms with Gasteiger partial charge >= 0.3 is 12.1 Å². The van der Waals surface area contributed by atoms with Gasteiger partial charge < -0.3 is 14.6 Å². The molecule has 0 aliphatic carbocycles. The van der Waals surface area contributed by atoms with Gasteiger partial charge in [-0.05, 0) is 62.6 Å². The molecule has 33 heavy (non-hydrogen) atoms. The van der Waals surface area contributed by atoms with Crippen LogP contribution in [0, 0.1) is 6.92 Å². The molecule has 3 rings (SSSR count). The zero-order valence-corrected chi connectivity index (χ0v) is 18.8. The Morgan fingerprint density at radius 3 is 2.21 bits per heavy atom. The molecule has 0 saturated heterocycles. The standard InChI is InChI=1S/C26H25F3O4/c1-16-14-19(11-12-20(16)17-8-6-5-7-9-17)32-15-18-10-13-21(26(27,28)29)23(30)22(18)24(31)33-25(2,3)4/h5-14,30H,15H2,1-4H3. The number of rotatable bonds is 5. The van der Waals surface area contributed by atoms with E-state index in [1.165, 1.54) is 0 Å². The van der Waals surface area contributed by atoms with E-state index in [4.69, 9.17) is 9.47 Å². The van der Waals surface area contributed by atoms with Gasteiger partial charge in [-0.15, -0.1) is 0 Å². The lowest BCUT2D eigenvalue weighted by Gasteiger charge is -2.22. The highest BCUT2D eigenvalue weighted by Gasteiger charge is 2.37. The van der Waals surface area contributed by atoms with Crippen LogP contribution in [0.4, 0.5) is 13.2 Å². The summed E-state index contributed by atoms with van der Waals surface area (Å²) in [5.74, 6) is -1.75. The second-order valence-electron chi connectivity index (χ2n) is 8.63. The molecule has 1 N–H and O–H groups in total. The number of phenolic OH excluding ortho intramolecular Hbond substituents is 1. The monoisotopic (exact) mass is 458 g/mol. The number of carbonyl (C=O) groups excluding carboxylic acids is 1. The van der Waals surface area contributed by atoms with Crippen LogP contribution in [0.2, 0.25) is 0 Å². The predicted octanol–water partition coefficient (Wildman–Crippen LogP) is 6.92. The first-order chi connectivity index (χ1) is 15.4. The number of aryl methyl sites for hydroxylation is 1. The SMILES string of the molecule is Cc1cc(OCc2ccc(C(F)(F)F)c(O)c2C(=O)OC(C)(C)C)ccc1-c1ccccc1. The highest BCUT2D eigenvalue weighted by molar-refractivity contribution is 5.95. The third kappa shape index (κ3) is 5.86. The molecular weight excluding hydrogens is 433 g/mol. The van der Waals surface area contributed by atoms with E-state index in [0.717, 1.165) is 28.8 Å². The summed E-state index contributed by atoms with van der Waals surface area (Å²) in [6.45, 7) is 6.45. The van der Waals surface area contributed by atoms with Crippen molar-refractivity contribution < 1.29 is 32.5 Å². The normalized spacial score (nSPS) is 11.8. The van der Waals surface area contributed by atoms with Crippen LogP contribution in [-0.2, 0) is 17.5 Å². The molecular formula is C26H25F3O4. The number of esters is 1. The third-order valence-corrected chi connectivity index (χ3v) is 4.85. The average Bonchev–Trinajstić information content (AvgIpc) is 2.70. The zero-order valence-electron chi connectivity index (χ0n) is 18.8. The van der Waals surface area contributed by atoms with Crippen molar-refractivity contribution in [2.75, 3.05) is 0 Å². The fraction of sp³-hybridized carbons (Fsp3) is 0.269. The minimum atomic E-state index is -4.83. The molecule has 0 aliphatic rings. The minimum Gasteiger partial charge on any atom is -0.506 e. The van der Waals surface area contributed by atoms with Gasteiger partial charge in [-0.2, -0.15) is 13.2 Å². The van der Waals surface area contributed by atoms with Crippen molar-refractivity contribution in [3.05, 3.63) is 82.9 Å². The first kappa shape index (κ1) is 24.2. The summed E-state index contributed by atoms with van der Waals surface area (Å²) >= 11 is 0. The molecule has 174 valence electrons. The zero-order chi connectivity index (χ0) is 24.4. The van der Waals surface area contributed by atoms with Crippen molar-refractivity contribution in [3.8, 4) is 22.6 Å².